The van der Waals surface area contributed by atoms with Gasteiger partial charge in [0.2, 0.25) is 0 Å². The van der Waals surface area contributed by atoms with Gasteiger partial charge in [-0.15, -0.1) is 0 Å². The van der Waals surface area contributed by atoms with Crippen LogP contribution in [0.1, 0.15) is 21.6 Å². The molecular weight excluding hydrogens is 369 g/mol. The van der Waals surface area contributed by atoms with Crippen LogP contribution in [-0.2, 0) is 30.0 Å². The molecule has 3 rings (SSSR count). The molecule has 1 N–H and O–H groups in total. The van der Waals surface area contributed by atoms with Crippen molar-refractivity contribution in [2.45, 2.75) is 18.3 Å². The molecule has 1 aliphatic rings. The molecule has 0 spiro atoms. The highest BCUT2D eigenvalue weighted by atomic mass is 32.2. The number of nitrogens with zero attached hydrogens (tertiary/aromatic N) is 4. The van der Waals surface area contributed by atoms with Crippen LogP contribution in [-0.4, -0.2) is 44.8 Å². The Morgan fingerprint density at radius 2 is 2.04 bits per heavy atom. The Bertz CT molecular complexity index is 983. The molecule has 0 radical (unpaired) electrons. The van der Waals surface area contributed by atoms with Crippen molar-refractivity contribution < 1.29 is 35.7 Å². The summed E-state index contributed by atoms with van der Waals surface area (Å²) in [5, 5.41) is 13.0. The van der Waals surface area contributed by atoms with E-state index in [1.54, 1.807) is 0 Å². The van der Waals surface area contributed by atoms with Gasteiger partial charge in [-0.05, 0) is 18.4 Å². The summed E-state index contributed by atoms with van der Waals surface area (Å²) in [7, 11) is -4.47. The molecule has 0 fully saturated rings. The molecule has 13 heteroatoms. The Morgan fingerprint density at radius 3 is 2.64 bits per heavy atom. The minimum Gasteiger partial charge on any atom is -0.476 e. The van der Waals surface area contributed by atoms with E-state index in [0.29, 0.717) is 24.0 Å². The molecular formula is C12H9F3N4O5S. The van der Waals surface area contributed by atoms with E-state index in [1.165, 1.54) is 11.7 Å². The van der Waals surface area contributed by atoms with Crippen LogP contribution in [0.3, 0.4) is 0 Å². The van der Waals surface area contributed by atoms with Gasteiger partial charge in [0.25, 0.3) is 0 Å². The first kappa shape index (κ1) is 17.1. The lowest BCUT2D eigenvalue weighted by molar-refractivity contribution is -0.0502. The number of fused-ring (bicyclic) bond motifs is 3. The third kappa shape index (κ3) is 2.79. The van der Waals surface area contributed by atoms with Crippen LogP contribution in [0.25, 0.3) is 11.4 Å². The van der Waals surface area contributed by atoms with Crippen molar-refractivity contribution in [2.24, 2.45) is 7.05 Å². The number of alkyl halides is 3. The number of hydrogen-bond donors (Lipinski definition) is 1. The van der Waals surface area contributed by atoms with Crippen LogP contribution in [0.4, 0.5) is 13.2 Å². The average Bonchev–Trinajstić information content (AvgIpc) is 2.83. The molecule has 9 nitrogen and oxygen atoms in total. The van der Waals surface area contributed by atoms with Crippen molar-refractivity contribution in [3.63, 3.8) is 0 Å². The fraction of sp³-hybridized carbons (Fsp3) is 0.333. The van der Waals surface area contributed by atoms with Gasteiger partial charge in [-0.3, -0.25) is 4.68 Å². The van der Waals surface area contributed by atoms with Gasteiger partial charge in [0.1, 0.15) is 0 Å². The second kappa shape index (κ2) is 5.40. The van der Waals surface area contributed by atoms with Gasteiger partial charge in [0, 0.05) is 18.8 Å². The Morgan fingerprint density at radius 1 is 1.36 bits per heavy atom. The Hall–Kier alpha value is -2.70. The summed E-state index contributed by atoms with van der Waals surface area (Å²) >= 11 is 0. The third-order valence-corrected chi connectivity index (χ3v) is 4.46. The number of aryl methyl sites for hydroxylation is 2. The van der Waals surface area contributed by atoms with Crippen molar-refractivity contribution in [1.82, 2.24) is 19.7 Å². The van der Waals surface area contributed by atoms with Gasteiger partial charge < -0.3 is 9.29 Å². The van der Waals surface area contributed by atoms with E-state index in [0.717, 1.165) is 6.20 Å². The molecule has 25 heavy (non-hydrogen) atoms. The minimum atomic E-state index is -5.91. The summed E-state index contributed by atoms with van der Waals surface area (Å²) in [5.74, 6) is -1.26. The number of hydrogen-bond acceptors (Lipinski definition) is 7. The normalized spacial score (nSPS) is 13.9. The predicted octanol–water partition coefficient (Wildman–Crippen LogP) is 0.902. The number of rotatable bonds is 3. The molecule has 2 aromatic rings. The van der Waals surface area contributed by atoms with Crippen molar-refractivity contribution in [2.75, 3.05) is 0 Å². The van der Waals surface area contributed by atoms with Crippen molar-refractivity contribution in [3.05, 3.63) is 23.0 Å². The maximum Gasteiger partial charge on any atom is 0.534 e. The molecule has 0 atom stereocenters. The molecule has 0 saturated heterocycles. The molecule has 1 aliphatic carbocycles. The zero-order valence-electron chi connectivity index (χ0n) is 12.4. The van der Waals surface area contributed by atoms with Gasteiger partial charge in [0.05, 0.1) is 11.4 Å². The van der Waals surface area contributed by atoms with E-state index in [4.69, 9.17) is 5.11 Å². The summed E-state index contributed by atoms with van der Waals surface area (Å²) in [4.78, 5) is 18.4. The smallest absolute Gasteiger partial charge is 0.476 e. The molecule has 0 amide bonds. The summed E-state index contributed by atoms with van der Waals surface area (Å²) in [5.41, 5.74) is -4.64. The average molecular weight is 378 g/mol. The van der Waals surface area contributed by atoms with Crippen molar-refractivity contribution in [1.29, 1.82) is 0 Å². The first-order valence-corrected chi connectivity index (χ1v) is 8.08. The van der Waals surface area contributed by atoms with Gasteiger partial charge >= 0.3 is 27.6 Å². The fourth-order valence-electron chi connectivity index (χ4n) is 2.50. The van der Waals surface area contributed by atoms with Crippen LogP contribution in [0, 0.1) is 0 Å². The SMILES string of the molecule is Cn1nc(C(=O)O)c2c1-c1nc(OS(=O)(=O)C(F)(F)F)ncc1CC2. The zero-order valence-corrected chi connectivity index (χ0v) is 13.2. The number of carboxylic acids is 1. The zero-order chi connectivity index (χ0) is 18.6. The second-order valence-corrected chi connectivity index (χ2v) is 6.65. The molecule has 2 heterocycles. The topological polar surface area (TPSA) is 124 Å². The number of carboxylic acid groups (broad SMARTS) is 1. The summed E-state index contributed by atoms with van der Waals surface area (Å²) < 4.78 is 64.5. The van der Waals surface area contributed by atoms with Crippen LogP contribution >= 0.6 is 0 Å². The molecule has 0 aliphatic heterocycles. The largest absolute Gasteiger partial charge is 0.534 e. The van der Waals surface area contributed by atoms with Gasteiger partial charge in [-0.2, -0.15) is 31.7 Å². The quantitative estimate of drug-likeness (QED) is 0.617. The van der Waals surface area contributed by atoms with Gasteiger partial charge in [0.15, 0.2) is 5.69 Å². The highest BCUT2D eigenvalue weighted by Crippen LogP contribution is 2.35. The number of aromatic carboxylic acids is 1. The molecule has 0 bridgehead atoms. The Kier molecular flexibility index (Phi) is 3.70. The summed E-state index contributed by atoms with van der Waals surface area (Å²) in [6.07, 6.45) is 1.78. The van der Waals surface area contributed by atoms with E-state index in [1.807, 2.05) is 0 Å². The number of carbonyl (C=O) groups is 1. The second-order valence-electron chi connectivity index (χ2n) is 5.11. The summed E-state index contributed by atoms with van der Waals surface area (Å²) in [6.45, 7) is 0. The Balaban J connectivity index is 2.09. The lowest BCUT2D eigenvalue weighted by Gasteiger charge is -2.17. The maximum absolute atomic E-state index is 12.4. The minimum absolute atomic E-state index is 0.0751. The first-order valence-electron chi connectivity index (χ1n) is 6.67. The van der Waals surface area contributed by atoms with Crippen molar-refractivity contribution in [3.8, 4) is 17.4 Å². The number of halogens is 3. The van der Waals surface area contributed by atoms with Crippen molar-refractivity contribution >= 4 is 16.1 Å². The molecule has 0 saturated carbocycles. The fourth-order valence-corrected chi connectivity index (χ4v) is 2.87. The lowest BCUT2D eigenvalue weighted by atomic mass is 9.93. The van der Waals surface area contributed by atoms with Crippen LogP contribution in [0.5, 0.6) is 6.01 Å². The van der Waals surface area contributed by atoms with Gasteiger partial charge in [-0.25, -0.2) is 9.78 Å². The molecule has 2 aromatic heterocycles. The maximum atomic E-state index is 12.4. The predicted molar refractivity (Wildman–Crippen MR) is 74.2 cm³/mol. The summed E-state index contributed by atoms with van der Waals surface area (Å²) in [6, 6.07) is -1.01. The third-order valence-electron chi connectivity index (χ3n) is 3.53. The van der Waals surface area contributed by atoms with E-state index in [2.05, 4.69) is 19.2 Å². The first-order chi connectivity index (χ1) is 11.5. The van der Waals surface area contributed by atoms with E-state index < -0.39 is 27.6 Å². The van der Waals surface area contributed by atoms with Gasteiger partial charge in [-0.1, -0.05) is 0 Å². The Labute approximate surface area is 138 Å². The van der Waals surface area contributed by atoms with E-state index in [9.17, 15) is 26.4 Å². The standard InChI is InChI=1S/C12H9F3N4O5S/c1-19-9-6(8(18-19)10(20)21)3-2-5-4-16-11(17-7(5)9)24-25(22,23)12(13,14)15/h4H,2-3H2,1H3,(H,20,21). The molecule has 134 valence electrons. The monoisotopic (exact) mass is 378 g/mol. The molecule has 0 unspecified atom stereocenters. The molecule has 0 aromatic carbocycles. The number of aromatic nitrogens is 4. The van der Waals surface area contributed by atoms with Crippen LogP contribution in [0.2, 0.25) is 0 Å². The van der Waals surface area contributed by atoms with Crippen LogP contribution < -0.4 is 4.18 Å². The highest BCUT2D eigenvalue weighted by molar-refractivity contribution is 7.87. The van der Waals surface area contributed by atoms with E-state index in [-0.39, 0.29) is 17.1 Å². The lowest BCUT2D eigenvalue weighted by Crippen LogP contribution is -2.28. The van der Waals surface area contributed by atoms with E-state index >= 15 is 0 Å². The highest BCUT2D eigenvalue weighted by Gasteiger charge is 2.49. The van der Waals surface area contributed by atoms with Crippen LogP contribution in [0.15, 0.2) is 6.20 Å².